The SMILES string of the molecule is CC(NC(=O)COC(=O)CN1CCCCCC1=O)c1ccc(Cl)cc1. The second kappa shape index (κ2) is 9.42. The zero-order valence-corrected chi connectivity index (χ0v) is 15.1. The van der Waals surface area contributed by atoms with Gasteiger partial charge in [0.2, 0.25) is 5.91 Å². The molecule has 1 aliphatic heterocycles. The van der Waals surface area contributed by atoms with Crippen LogP contribution in [0.25, 0.3) is 0 Å². The van der Waals surface area contributed by atoms with Gasteiger partial charge in [0.25, 0.3) is 5.91 Å². The molecule has 2 rings (SSSR count). The predicted molar refractivity (Wildman–Crippen MR) is 94.0 cm³/mol. The summed E-state index contributed by atoms with van der Waals surface area (Å²) in [5, 5.41) is 3.38. The third-order valence-electron chi connectivity index (χ3n) is 4.10. The number of amides is 2. The van der Waals surface area contributed by atoms with Crippen LogP contribution in [0.2, 0.25) is 5.02 Å². The van der Waals surface area contributed by atoms with Crippen molar-refractivity contribution in [2.45, 2.75) is 38.6 Å². The van der Waals surface area contributed by atoms with Gasteiger partial charge < -0.3 is 15.0 Å². The van der Waals surface area contributed by atoms with E-state index in [4.69, 9.17) is 16.3 Å². The maximum absolute atomic E-state index is 11.9. The van der Waals surface area contributed by atoms with Gasteiger partial charge in [-0.25, -0.2) is 0 Å². The lowest BCUT2D eigenvalue weighted by atomic mass is 10.1. The number of hydrogen-bond acceptors (Lipinski definition) is 4. The molecule has 1 N–H and O–H groups in total. The van der Waals surface area contributed by atoms with E-state index in [1.165, 1.54) is 4.90 Å². The van der Waals surface area contributed by atoms with Crippen LogP contribution in [0.4, 0.5) is 0 Å². The van der Waals surface area contributed by atoms with Gasteiger partial charge in [0.05, 0.1) is 6.04 Å². The van der Waals surface area contributed by atoms with Crippen LogP contribution < -0.4 is 5.32 Å². The number of carbonyl (C=O) groups is 3. The van der Waals surface area contributed by atoms with E-state index in [9.17, 15) is 14.4 Å². The standard InChI is InChI=1S/C18H23ClN2O4/c1-13(14-6-8-15(19)9-7-14)20-16(22)12-25-18(24)11-21-10-4-2-3-5-17(21)23/h6-9,13H,2-5,10-12H2,1H3,(H,20,22). The third-order valence-corrected chi connectivity index (χ3v) is 4.36. The number of likely N-dealkylation sites (tertiary alicyclic amines) is 1. The summed E-state index contributed by atoms with van der Waals surface area (Å²) in [6, 6.07) is 6.92. The minimum Gasteiger partial charge on any atom is -0.454 e. The van der Waals surface area contributed by atoms with Crippen LogP contribution in [0, 0.1) is 0 Å². The first-order valence-electron chi connectivity index (χ1n) is 8.44. The van der Waals surface area contributed by atoms with E-state index in [2.05, 4.69) is 5.32 Å². The summed E-state index contributed by atoms with van der Waals surface area (Å²) in [5.41, 5.74) is 0.902. The topological polar surface area (TPSA) is 75.7 Å². The lowest BCUT2D eigenvalue weighted by molar-refractivity contribution is -0.152. The van der Waals surface area contributed by atoms with E-state index < -0.39 is 11.9 Å². The van der Waals surface area contributed by atoms with Gasteiger partial charge in [-0.05, 0) is 37.5 Å². The lowest BCUT2D eigenvalue weighted by Gasteiger charge is -2.19. The fraction of sp³-hybridized carbons (Fsp3) is 0.500. The number of ether oxygens (including phenoxy) is 1. The lowest BCUT2D eigenvalue weighted by Crippen LogP contribution is -2.37. The van der Waals surface area contributed by atoms with Crippen LogP contribution in [0.5, 0.6) is 0 Å². The van der Waals surface area contributed by atoms with Gasteiger partial charge in [0.1, 0.15) is 6.54 Å². The Morgan fingerprint density at radius 3 is 2.68 bits per heavy atom. The molecule has 1 saturated heterocycles. The zero-order chi connectivity index (χ0) is 18.2. The molecule has 0 aromatic heterocycles. The number of benzene rings is 1. The van der Waals surface area contributed by atoms with Crippen LogP contribution in [0.15, 0.2) is 24.3 Å². The van der Waals surface area contributed by atoms with E-state index in [-0.39, 0.29) is 25.1 Å². The fourth-order valence-corrected chi connectivity index (χ4v) is 2.80. The zero-order valence-electron chi connectivity index (χ0n) is 14.3. The molecule has 6 nitrogen and oxygen atoms in total. The molecule has 0 bridgehead atoms. The van der Waals surface area contributed by atoms with Gasteiger partial charge in [0, 0.05) is 18.0 Å². The number of nitrogens with one attached hydrogen (secondary N) is 1. The highest BCUT2D eigenvalue weighted by molar-refractivity contribution is 6.30. The Balaban J connectivity index is 1.74. The van der Waals surface area contributed by atoms with Gasteiger partial charge in [-0.15, -0.1) is 0 Å². The number of carbonyl (C=O) groups excluding carboxylic acids is 3. The average Bonchev–Trinajstić information content (AvgIpc) is 2.78. The highest BCUT2D eigenvalue weighted by Gasteiger charge is 2.20. The number of esters is 1. The Morgan fingerprint density at radius 1 is 1.24 bits per heavy atom. The van der Waals surface area contributed by atoms with Crippen LogP contribution >= 0.6 is 11.6 Å². The summed E-state index contributed by atoms with van der Waals surface area (Å²) in [4.78, 5) is 37.1. The first kappa shape index (κ1) is 19.2. The molecule has 1 atom stereocenters. The Labute approximate surface area is 152 Å². The molecule has 0 spiro atoms. The van der Waals surface area contributed by atoms with Crippen molar-refractivity contribution in [3.63, 3.8) is 0 Å². The van der Waals surface area contributed by atoms with Crippen molar-refractivity contribution in [3.05, 3.63) is 34.9 Å². The summed E-state index contributed by atoms with van der Waals surface area (Å²) in [7, 11) is 0. The van der Waals surface area contributed by atoms with Gasteiger partial charge in [0.15, 0.2) is 6.61 Å². The first-order valence-corrected chi connectivity index (χ1v) is 8.81. The number of halogens is 1. The summed E-state index contributed by atoms with van der Waals surface area (Å²) in [5.74, 6) is -0.988. The molecule has 136 valence electrons. The molecule has 1 aromatic rings. The molecule has 1 aliphatic rings. The normalized spacial score (nSPS) is 16.1. The molecule has 1 unspecified atom stereocenters. The third kappa shape index (κ3) is 6.38. The van der Waals surface area contributed by atoms with Crippen LogP contribution in [-0.2, 0) is 19.1 Å². The molecular weight excluding hydrogens is 344 g/mol. The smallest absolute Gasteiger partial charge is 0.326 e. The number of nitrogens with zero attached hydrogens (tertiary/aromatic N) is 1. The molecule has 0 saturated carbocycles. The number of rotatable bonds is 6. The minimum absolute atomic E-state index is 0.0322. The fourth-order valence-electron chi connectivity index (χ4n) is 2.67. The second-order valence-electron chi connectivity index (χ2n) is 6.13. The summed E-state index contributed by atoms with van der Waals surface area (Å²) in [6.07, 6.45) is 3.20. The molecule has 2 amide bonds. The Morgan fingerprint density at radius 2 is 1.96 bits per heavy atom. The maximum Gasteiger partial charge on any atom is 0.326 e. The van der Waals surface area contributed by atoms with E-state index in [1.54, 1.807) is 12.1 Å². The molecule has 25 heavy (non-hydrogen) atoms. The highest BCUT2D eigenvalue weighted by atomic mass is 35.5. The summed E-state index contributed by atoms with van der Waals surface area (Å²) >= 11 is 5.83. The summed E-state index contributed by atoms with van der Waals surface area (Å²) < 4.78 is 4.99. The minimum atomic E-state index is -0.565. The van der Waals surface area contributed by atoms with E-state index in [0.29, 0.717) is 18.0 Å². The quantitative estimate of drug-likeness (QED) is 0.785. The summed E-state index contributed by atoms with van der Waals surface area (Å²) in [6.45, 7) is 1.93. The Bertz CT molecular complexity index is 618. The van der Waals surface area contributed by atoms with Crippen molar-refractivity contribution in [1.29, 1.82) is 0 Å². The van der Waals surface area contributed by atoms with E-state index >= 15 is 0 Å². The largest absolute Gasteiger partial charge is 0.454 e. The van der Waals surface area contributed by atoms with Gasteiger partial charge in [-0.1, -0.05) is 30.2 Å². The Kier molecular flexibility index (Phi) is 7.25. The van der Waals surface area contributed by atoms with E-state index in [1.807, 2.05) is 19.1 Å². The van der Waals surface area contributed by atoms with Crippen LogP contribution in [0.3, 0.4) is 0 Å². The van der Waals surface area contributed by atoms with Crippen molar-refractivity contribution in [3.8, 4) is 0 Å². The van der Waals surface area contributed by atoms with Gasteiger partial charge in [-0.2, -0.15) is 0 Å². The molecule has 1 fully saturated rings. The monoisotopic (exact) mass is 366 g/mol. The average molecular weight is 367 g/mol. The predicted octanol–water partition coefficient (Wildman–Crippen LogP) is 2.46. The van der Waals surface area contributed by atoms with Crippen molar-refractivity contribution in [1.82, 2.24) is 10.2 Å². The molecule has 0 radical (unpaired) electrons. The molecular formula is C18H23ClN2O4. The van der Waals surface area contributed by atoms with Crippen LogP contribution in [0.1, 0.15) is 44.2 Å². The van der Waals surface area contributed by atoms with Crippen LogP contribution in [-0.4, -0.2) is 42.4 Å². The van der Waals surface area contributed by atoms with Crippen molar-refractivity contribution < 1.29 is 19.1 Å². The van der Waals surface area contributed by atoms with Crippen molar-refractivity contribution in [2.24, 2.45) is 0 Å². The Hall–Kier alpha value is -2.08. The van der Waals surface area contributed by atoms with Gasteiger partial charge in [-0.3, -0.25) is 14.4 Å². The highest BCUT2D eigenvalue weighted by Crippen LogP contribution is 2.16. The van der Waals surface area contributed by atoms with E-state index in [0.717, 1.165) is 24.8 Å². The second-order valence-corrected chi connectivity index (χ2v) is 6.56. The van der Waals surface area contributed by atoms with Crippen molar-refractivity contribution in [2.75, 3.05) is 19.7 Å². The molecule has 7 heteroatoms. The maximum atomic E-state index is 11.9. The first-order chi connectivity index (χ1) is 12.0. The van der Waals surface area contributed by atoms with Gasteiger partial charge >= 0.3 is 5.97 Å². The molecule has 0 aliphatic carbocycles. The molecule has 1 heterocycles. The van der Waals surface area contributed by atoms with Crippen molar-refractivity contribution >= 4 is 29.4 Å². The number of hydrogen-bond donors (Lipinski definition) is 1. The molecule has 1 aromatic carbocycles.